The number of fused-ring (bicyclic) bond motifs is 2. The number of ether oxygens (including phenoxy) is 4. The number of amides is 2. The van der Waals surface area contributed by atoms with Crippen molar-refractivity contribution >= 4 is 17.9 Å². The molecule has 1 heterocycles. The first-order chi connectivity index (χ1) is 33.9. The summed E-state index contributed by atoms with van der Waals surface area (Å²) in [6, 6.07) is 4.89. The monoisotopic (exact) mass is 980 g/mol. The molecule has 0 bridgehead atoms. The molecule has 0 radical (unpaired) electrons. The molecule has 398 valence electrons. The lowest BCUT2D eigenvalue weighted by atomic mass is 9.55. The summed E-state index contributed by atoms with van der Waals surface area (Å²) < 4.78 is 26.3. The maximum Gasteiger partial charge on any atom is 0.412 e. The molecule has 1 saturated carbocycles. The molecule has 6 atom stereocenters. The van der Waals surface area contributed by atoms with Crippen molar-refractivity contribution in [3.8, 4) is 11.5 Å². The molecule has 1 aromatic rings. The van der Waals surface area contributed by atoms with Crippen LogP contribution in [0.1, 0.15) is 219 Å². The van der Waals surface area contributed by atoms with E-state index in [0.717, 1.165) is 68.9 Å². The quantitative estimate of drug-likeness (QED) is 0.0339. The van der Waals surface area contributed by atoms with Crippen molar-refractivity contribution in [3.63, 3.8) is 0 Å². The molecule has 2 amide bonds. The van der Waals surface area contributed by atoms with Crippen LogP contribution in [0.4, 0.5) is 9.59 Å². The molecule has 2 aliphatic carbocycles. The maximum absolute atomic E-state index is 14.3. The molecule has 3 aliphatic rings. The van der Waals surface area contributed by atoms with Gasteiger partial charge in [-0.2, -0.15) is 0 Å². The van der Waals surface area contributed by atoms with Gasteiger partial charge in [-0.25, -0.2) is 9.59 Å². The number of unbranched alkanes of at least 4 members (excludes halogenated alkanes) is 20. The van der Waals surface area contributed by atoms with Crippen LogP contribution in [0.15, 0.2) is 47.7 Å². The molecule has 12 nitrogen and oxygen atoms in total. The SMILES string of the molecule is C=CCO[C@@]12Oc3ccc(OC(=O)NCCCCCCCCCCCC)cc3[C@H]3[C@H](CCCCO)[C@@H](CCCCO)C=C(C(=NOC(C)(C)C)C[C@@H]1N(C)C(=O)OCCCCCCCCCCCC)[C@H]32. The molecule has 0 aromatic heterocycles. The predicted octanol–water partition coefficient (Wildman–Crippen LogP) is 14.1. The van der Waals surface area contributed by atoms with E-state index in [9.17, 15) is 19.8 Å². The van der Waals surface area contributed by atoms with E-state index in [1.165, 1.54) is 96.3 Å². The smallest absolute Gasteiger partial charge is 0.412 e. The Morgan fingerprint density at radius 2 is 1.41 bits per heavy atom. The Morgan fingerprint density at radius 3 is 2.00 bits per heavy atom. The molecule has 1 fully saturated rings. The van der Waals surface area contributed by atoms with E-state index < -0.39 is 35.5 Å². The third-order valence-corrected chi connectivity index (χ3v) is 14.6. The Kier molecular flexibility index (Phi) is 27.3. The van der Waals surface area contributed by atoms with Gasteiger partial charge >= 0.3 is 12.2 Å². The maximum atomic E-state index is 14.3. The minimum Gasteiger partial charge on any atom is -0.459 e. The summed E-state index contributed by atoms with van der Waals surface area (Å²) in [5.41, 5.74) is 1.96. The number of aliphatic hydroxyl groups excluding tert-OH is 2. The summed E-state index contributed by atoms with van der Waals surface area (Å²) in [4.78, 5) is 35.5. The molecule has 1 aromatic carbocycles. The van der Waals surface area contributed by atoms with Gasteiger partial charge in [0.25, 0.3) is 0 Å². The third-order valence-electron chi connectivity index (χ3n) is 14.6. The highest BCUT2D eigenvalue weighted by Gasteiger charge is 2.65. The zero-order chi connectivity index (χ0) is 50.6. The average molecular weight is 980 g/mol. The second-order valence-electron chi connectivity index (χ2n) is 21.4. The highest BCUT2D eigenvalue weighted by atomic mass is 16.7. The fourth-order valence-electron chi connectivity index (χ4n) is 10.9. The number of nitrogens with one attached hydrogen (secondary N) is 1. The average Bonchev–Trinajstić information content (AvgIpc) is 3.34. The lowest BCUT2D eigenvalue weighted by Gasteiger charge is -2.59. The van der Waals surface area contributed by atoms with Gasteiger partial charge in [-0.1, -0.05) is 160 Å². The van der Waals surface area contributed by atoms with Crippen molar-refractivity contribution in [2.75, 3.05) is 40.0 Å². The van der Waals surface area contributed by atoms with Crippen LogP contribution in [0, 0.1) is 17.8 Å². The Balaban J connectivity index is 1.66. The summed E-state index contributed by atoms with van der Waals surface area (Å²) in [6.07, 6.45) is 32.0. The first kappa shape index (κ1) is 59.0. The van der Waals surface area contributed by atoms with Crippen LogP contribution in [0.5, 0.6) is 11.5 Å². The molecule has 70 heavy (non-hydrogen) atoms. The van der Waals surface area contributed by atoms with Gasteiger partial charge in [0.15, 0.2) is 0 Å². The first-order valence-corrected chi connectivity index (χ1v) is 28.1. The van der Waals surface area contributed by atoms with Gasteiger partial charge < -0.3 is 44.2 Å². The van der Waals surface area contributed by atoms with Crippen LogP contribution in [-0.2, 0) is 14.3 Å². The molecule has 12 heteroatoms. The second kappa shape index (κ2) is 32.5. The van der Waals surface area contributed by atoms with Gasteiger partial charge in [0.05, 0.1) is 24.8 Å². The van der Waals surface area contributed by atoms with E-state index in [1.807, 2.05) is 32.9 Å². The summed E-state index contributed by atoms with van der Waals surface area (Å²) in [5.74, 6) is -1.02. The number of benzene rings is 1. The van der Waals surface area contributed by atoms with E-state index in [2.05, 4.69) is 31.8 Å². The number of carbonyl (C=O) groups excluding carboxylic acids is 2. The molecule has 1 aliphatic heterocycles. The number of rotatable bonds is 36. The number of hydrogen-bond donors (Lipinski definition) is 3. The van der Waals surface area contributed by atoms with Crippen molar-refractivity contribution < 1.29 is 43.6 Å². The molecular weight excluding hydrogens is 883 g/mol. The van der Waals surface area contributed by atoms with Gasteiger partial charge in [0, 0.05) is 44.7 Å². The van der Waals surface area contributed by atoms with Gasteiger partial charge in [-0.3, -0.25) is 0 Å². The Morgan fingerprint density at radius 1 is 0.829 bits per heavy atom. The number of carbonyl (C=O) groups is 2. The Labute approximate surface area is 424 Å². The molecule has 0 unspecified atom stereocenters. The Bertz CT molecular complexity index is 1730. The normalized spacial score (nSPS) is 22.1. The van der Waals surface area contributed by atoms with Crippen molar-refractivity contribution in [1.29, 1.82) is 0 Å². The van der Waals surface area contributed by atoms with Crippen molar-refractivity contribution in [2.24, 2.45) is 22.9 Å². The number of hydrogen-bond acceptors (Lipinski definition) is 10. The van der Waals surface area contributed by atoms with Gasteiger partial charge in [0.1, 0.15) is 23.1 Å². The molecule has 4 rings (SSSR count). The number of aliphatic hydroxyl groups is 2. The summed E-state index contributed by atoms with van der Waals surface area (Å²) in [7, 11) is 1.76. The van der Waals surface area contributed by atoms with Crippen LogP contribution < -0.4 is 14.8 Å². The number of allylic oxidation sites excluding steroid dienone is 1. The number of oxime groups is 1. The minimum absolute atomic E-state index is 0.0332. The number of nitrogens with zero attached hydrogens (tertiary/aromatic N) is 2. The van der Waals surface area contributed by atoms with Gasteiger partial charge in [-0.05, 0) is 94.9 Å². The van der Waals surface area contributed by atoms with Crippen LogP contribution in [0.3, 0.4) is 0 Å². The minimum atomic E-state index is -1.40. The second-order valence-corrected chi connectivity index (χ2v) is 21.4. The first-order valence-electron chi connectivity index (χ1n) is 28.1. The van der Waals surface area contributed by atoms with Gasteiger partial charge in [-0.15, -0.1) is 6.58 Å². The fourth-order valence-corrected chi connectivity index (χ4v) is 10.9. The van der Waals surface area contributed by atoms with E-state index >= 15 is 0 Å². The van der Waals surface area contributed by atoms with Crippen molar-refractivity contribution in [3.05, 3.63) is 48.1 Å². The summed E-state index contributed by atoms with van der Waals surface area (Å²) >= 11 is 0. The van der Waals surface area contributed by atoms with E-state index in [1.54, 1.807) is 24.1 Å². The van der Waals surface area contributed by atoms with E-state index in [0.29, 0.717) is 43.2 Å². The molecule has 0 spiro atoms. The lowest BCUT2D eigenvalue weighted by Crippen LogP contribution is -2.69. The topological polar surface area (TPSA) is 148 Å². The zero-order valence-corrected chi connectivity index (χ0v) is 44.8. The highest BCUT2D eigenvalue weighted by molar-refractivity contribution is 6.03. The predicted molar refractivity (Wildman–Crippen MR) is 283 cm³/mol. The summed E-state index contributed by atoms with van der Waals surface area (Å²) in [6.45, 7) is 15.6. The van der Waals surface area contributed by atoms with Crippen LogP contribution in [-0.4, -0.2) is 90.5 Å². The Hall–Kier alpha value is -3.61. The van der Waals surface area contributed by atoms with Crippen molar-refractivity contribution in [1.82, 2.24) is 10.2 Å². The van der Waals surface area contributed by atoms with Gasteiger partial charge in [0.2, 0.25) is 5.79 Å². The van der Waals surface area contributed by atoms with Crippen LogP contribution in [0.25, 0.3) is 0 Å². The molecule has 3 N–H and O–H groups in total. The van der Waals surface area contributed by atoms with E-state index in [-0.39, 0.29) is 44.0 Å². The fraction of sp³-hybridized carbons (Fsp3) is 0.776. The lowest BCUT2D eigenvalue weighted by molar-refractivity contribution is -0.253. The zero-order valence-electron chi connectivity index (χ0n) is 44.8. The number of likely N-dealkylation sites (N-methyl/N-ethyl adjacent to an activating group) is 1. The molecule has 0 saturated heterocycles. The van der Waals surface area contributed by atoms with Crippen molar-refractivity contribution in [2.45, 2.75) is 231 Å². The van der Waals surface area contributed by atoms with E-state index in [4.69, 9.17) is 28.9 Å². The third kappa shape index (κ3) is 18.8. The highest BCUT2D eigenvalue weighted by Crippen LogP contribution is 2.62. The standard InChI is InChI=1S/C58H97N3O9/c1-8-11-13-15-17-19-21-23-25-29-37-59-55(64)68-46-35-36-51-49(43-46)53-47(34-28-31-39-63)45(33-27-30-38-62)42-48-50(60-70-57(4,5)6)44-52(58(69-51,54(48)53)67-40-10-3)61(7)56(65)66-41-32-26-24-22-20-18-16-14-12-9-2/h10,35-36,42-43,45,47,52-54,62-63H,3,8-9,11-34,37-41,44H2,1-2,4-7H3,(H,59,64)/t45-,47+,52-,53+,54+,58+/m0/s1. The molecular formula is C58H97N3O9. The largest absolute Gasteiger partial charge is 0.459 e. The van der Waals surface area contributed by atoms with Crippen LogP contribution in [0.2, 0.25) is 0 Å². The van der Waals surface area contributed by atoms with Crippen LogP contribution >= 0.6 is 0 Å². The summed E-state index contributed by atoms with van der Waals surface area (Å²) in [5, 5.41) is 27.8.